The minimum Gasteiger partial charge on any atom is -0.508 e. The summed E-state index contributed by atoms with van der Waals surface area (Å²) in [6.07, 6.45) is 5.64. The van der Waals surface area contributed by atoms with E-state index in [1.807, 2.05) is 49.7 Å². The molecule has 1 N–H and O–H groups in total. The van der Waals surface area contributed by atoms with E-state index in [-0.39, 0.29) is 5.75 Å². The highest BCUT2D eigenvalue weighted by atomic mass is 16.3. The molecule has 4 nitrogen and oxygen atoms in total. The van der Waals surface area contributed by atoms with Gasteiger partial charge in [-0.3, -0.25) is 4.98 Å². The quantitative estimate of drug-likeness (QED) is 0.724. The highest BCUT2D eigenvalue weighted by Gasteiger charge is 2.04. The minimum absolute atomic E-state index is 0.259. The molecule has 2 aromatic heterocycles. The Morgan fingerprint density at radius 2 is 1.74 bits per heavy atom. The van der Waals surface area contributed by atoms with Gasteiger partial charge >= 0.3 is 0 Å². The first kappa shape index (κ1) is 13.1. The monoisotopic (exact) mass is 255 g/mol. The average Bonchev–Trinajstić information content (AvgIpc) is 2.84. The predicted molar refractivity (Wildman–Crippen MR) is 76.2 cm³/mol. The molecule has 0 radical (unpaired) electrons. The summed E-state index contributed by atoms with van der Waals surface area (Å²) in [7, 11) is 0. The van der Waals surface area contributed by atoms with E-state index >= 15 is 0 Å². The number of imidazole rings is 1. The van der Waals surface area contributed by atoms with E-state index in [0.29, 0.717) is 0 Å². The molecule has 0 unspecified atom stereocenters. The molecule has 4 heteroatoms. The van der Waals surface area contributed by atoms with E-state index in [4.69, 9.17) is 0 Å². The first-order valence-corrected chi connectivity index (χ1v) is 6.33. The zero-order valence-corrected chi connectivity index (χ0v) is 11.3. The van der Waals surface area contributed by atoms with Crippen LogP contribution in [0.15, 0.2) is 42.9 Å². The Kier molecular flexibility index (Phi) is 3.80. The second kappa shape index (κ2) is 5.52. The van der Waals surface area contributed by atoms with E-state index in [9.17, 15) is 5.11 Å². The SMILES string of the molecule is CC.Cc1cn2cc(-c3ccc(O)cc3)nc2cn1. The van der Waals surface area contributed by atoms with Crippen molar-refractivity contribution >= 4 is 5.65 Å². The van der Waals surface area contributed by atoms with Crippen molar-refractivity contribution in [2.24, 2.45) is 0 Å². The maximum absolute atomic E-state index is 9.24. The molecule has 19 heavy (non-hydrogen) atoms. The van der Waals surface area contributed by atoms with Gasteiger partial charge < -0.3 is 9.51 Å². The fourth-order valence-corrected chi connectivity index (χ4v) is 1.77. The molecule has 0 atom stereocenters. The third-order valence-electron chi connectivity index (χ3n) is 2.63. The lowest BCUT2D eigenvalue weighted by Gasteiger charge is -1.95. The number of aromatic hydroxyl groups is 1. The Balaban J connectivity index is 0.000000637. The molecular weight excluding hydrogens is 238 g/mol. The van der Waals surface area contributed by atoms with Crippen LogP contribution < -0.4 is 0 Å². The van der Waals surface area contributed by atoms with Crippen LogP contribution in [-0.4, -0.2) is 19.5 Å². The normalized spacial score (nSPS) is 10.1. The van der Waals surface area contributed by atoms with Crippen molar-refractivity contribution < 1.29 is 5.11 Å². The number of fused-ring (bicyclic) bond motifs is 1. The highest BCUT2D eigenvalue weighted by Crippen LogP contribution is 2.21. The summed E-state index contributed by atoms with van der Waals surface area (Å²) in [5.74, 6) is 0.259. The molecule has 0 saturated heterocycles. The van der Waals surface area contributed by atoms with Crippen LogP contribution in [0.2, 0.25) is 0 Å². The number of phenolic OH excluding ortho intramolecular Hbond substituents is 1. The van der Waals surface area contributed by atoms with Gasteiger partial charge in [0.15, 0.2) is 5.65 Å². The lowest BCUT2D eigenvalue weighted by molar-refractivity contribution is 0.475. The summed E-state index contributed by atoms with van der Waals surface area (Å²) in [4.78, 5) is 8.68. The van der Waals surface area contributed by atoms with Gasteiger partial charge in [0.1, 0.15) is 5.75 Å². The number of rotatable bonds is 1. The number of hydrogen-bond donors (Lipinski definition) is 1. The Morgan fingerprint density at radius 1 is 1.05 bits per heavy atom. The van der Waals surface area contributed by atoms with Gasteiger partial charge in [0.2, 0.25) is 0 Å². The van der Waals surface area contributed by atoms with Crippen LogP contribution in [0.3, 0.4) is 0 Å². The van der Waals surface area contributed by atoms with E-state index in [1.54, 1.807) is 18.3 Å². The molecule has 1 aromatic carbocycles. The summed E-state index contributed by atoms with van der Waals surface area (Å²) in [5, 5.41) is 9.24. The van der Waals surface area contributed by atoms with Gasteiger partial charge in [-0.05, 0) is 31.2 Å². The van der Waals surface area contributed by atoms with Gasteiger partial charge in [-0.15, -0.1) is 0 Å². The van der Waals surface area contributed by atoms with Gasteiger partial charge in [-0.1, -0.05) is 13.8 Å². The van der Waals surface area contributed by atoms with Crippen molar-refractivity contribution in [3.05, 3.63) is 48.5 Å². The molecule has 0 amide bonds. The van der Waals surface area contributed by atoms with Crippen LogP contribution in [-0.2, 0) is 0 Å². The molecule has 0 aliphatic heterocycles. The van der Waals surface area contributed by atoms with Crippen molar-refractivity contribution in [2.75, 3.05) is 0 Å². The van der Waals surface area contributed by atoms with Gasteiger partial charge in [0, 0.05) is 18.0 Å². The second-order valence-electron chi connectivity index (χ2n) is 3.97. The van der Waals surface area contributed by atoms with Crippen LogP contribution in [0, 0.1) is 6.92 Å². The van der Waals surface area contributed by atoms with Crippen molar-refractivity contribution in [1.29, 1.82) is 0 Å². The number of aryl methyl sites for hydroxylation is 1. The van der Waals surface area contributed by atoms with E-state index in [2.05, 4.69) is 9.97 Å². The smallest absolute Gasteiger partial charge is 0.155 e. The Labute approximate surface area is 112 Å². The minimum atomic E-state index is 0.259. The summed E-state index contributed by atoms with van der Waals surface area (Å²) >= 11 is 0. The Hall–Kier alpha value is -2.36. The summed E-state index contributed by atoms with van der Waals surface area (Å²) in [6.45, 7) is 5.94. The first-order valence-electron chi connectivity index (χ1n) is 6.33. The fraction of sp³-hybridized carbons (Fsp3) is 0.200. The summed E-state index contributed by atoms with van der Waals surface area (Å²) in [6, 6.07) is 7.00. The third kappa shape index (κ3) is 2.73. The maximum Gasteiger partial charge on any atom is 0.155 e. The van der Waals surface area contributed by atoms with Gasteiger partial charge in [0.25, 0.3) is 0 Å². The highest BCUT2D eigenvalue weighted by molar-refractivity contribution is 5.62. The maximum atomic E-state index is 9.24. The van der Waals surface area contributed by atoms with Gasteiger partial charge in [0.05, 0.1) is 17.6 Å². The van der Waals surface area contributed by atoms with Crippen LogP contribution in [0.25, 0.3) is 16.9 Å². The molecule has 0 spiro atoms. The molecule has 0 aliphatic carbocycles. The summed E-state index contributed by atoms with van der Waals surface area (Å²) < 4.78 is 1.95. The van der Waals surface area contributed by atoms with Crippen molar-refractivity contribution in [1.82, 2.24) is 14.4 Å². The average molecular weight is 255 g/mol. The Bertz CT molecular complexity index is 671. The lowest BCUT2D eigenvalue weighted by Crippen LogP contribution is -1.87. The van der Waals surface area contributed by atoms with E-state index in [0.717, 1.165) is 22.6 Å². The van der Waals surface area contributed by atoms with E-state index in [1.165, 1.54) is 0 Å². The molecular formula is C15H17N3O. The number of aromatic nitrogens is 3. The van der Waals surface area contributed by atoms with Crippen LogP contribution in [0.4, 0.5) is 0 Å². The summed E-state index contributed by atoms with van der Waals surface area (Å²) in [5.41, 5.74) is 3.62. The number of phenols is 1. The van der Waals surface area contributed by atoms with Crippen LogP contribution in [0.5, 0.6) is 5.75 Å². The predicted octanol–water partition coefficient (Wildman–Crippen LogP) is 3.44. The molecule has 0 bridgehead atoms. The Morgan fingerprint density at radius 3 is 2.42 bits per heavy atom. The number of nitrogens with zero attached hydrogens (tertiary/aromatic N) is 3. The topological polar surface area (TPSA) is 50.4 Å². The number of hydrogen-bond acceptors (Lipinski definition) is 3. The first-order chi connectivity index (χ1) is 9.22. The zero-order valence-electron chi connectivity index (χ0n) is 11.3. The second-order valence-corrected chi connectivity index (χ2v) is 3.97. The molecule has 0 aliphatic rings. The van der Waals surface area contributed by atoms with E-state index < -0.39 is 0 Å². The largest absolute Gasteiger partial charge is 0.508 e. The molecule has 0 fully saturated rings. The third-order valence-corrected chi connectivity index (χ3v) is 2.63. The van der Waals surface area contributed by atoms with Gasteiger partial charge in [-0.25, -0.2) is 4.98 Å². The van der Waals surface area contributed by atoms with Gasteiger partial charge in [-0.2, -0.15) is 0 Å². The van der Waals surface area contributed by atoms with Crippen LogP contribution >= 0.6 is 0 Å². The lowest BCUT2D eigenvalue weighted by atomic mass is 10.2. The standard InChI is InChI=1S/C13H11N3O.C2H6/c1-9-7-16-8-12(15-13(16)6-14-9)10-2-4-11(17)5-3-10;1-2/h2-8,17H,1H3;1-2H3. The fourth-order valence-electron chi connectivity index (χ4n) is 1.77. The molecule has 0 saturated carbocycles. The molecule has 3 aromatic rings. The van der Waals surface area contributed by atoms with Crippen molar-refractivity contribution in [3.63, 3.8) is 0 Å². The number of benzene rings is 1. The van der Waals surface area contributed by atoms with Crippen LogP contribution in [0.1, 0.15) is 19.5 Å². The van der Waals surface area contributed by atoms with Crippen molar-refractivity contribution in [3.8, 4) is 17.0 Å². The van der Waals surface area contributed by atoms with Crippen molar-refractivity contribution in [2.45, 2.75) is 20.8 Å². The molecule has 2 heterocycles. The molecule has 3 rings (SSSR count). The zero-order chi connectivity index (χ0) is 13.8. The molecule has 98 valence electrons.